The zero-order valence-electron chi connectivity index (χ0n) is 8.20. The molecule has 1 aromatic rings. The van der Waals surface area contributed by atoms with E-state index in [1.807, 2.05) is 19.1 Å². The minimum absolute atomic E-state index is 0.210. The zero-order chi connectivity index (χ0) is 10.2. The third-order valence-corrected chi connectivity index (χ3v) is 2.86. The van der Waals surface area contributed by atoms with Crippen molar-refractivity contribution >= 4 is 0 Å². The van der Waals surface area contributed by atoms with E-state index in [9.17, 15) is 10.2 Å². The lowest BCUT2D eigenvalue weighted by atomic mass is 9.90. The van der Waals surface area contributed by atoms with Gasteiger partial charge in [-0.3, -0.25) is 0 Å². The fraction of sp³-hybridized carbons (Fsp3) is 0.455. The number of β-amino-alcohol motifs (C(OH)–C–C–N with tert-alkyl or cyclic N) is 1. The molecule has 0 aliphatic carbocycles. The van der Waals surface area contributed by atoms with Crippen LogP contribution in [0.2, 0.25) is 0 Å². The van der Waals surface area contributed by atoms with E-state index in [-0.39, 0.29) is 17.4 Å². The Balaban J connectivity index is 2.30. The molecule has 0 saturated carbocycles. The summed E-state index contributed by atoms with van der Waals surface area (Å²) >= 11 is 0. The standard InChI is InChI=1S/C11H15NO2/c1-11(6-10(14)7-12-11)8-3-2-4-9(13)5-8/h2-5,10,12-14H,6-7H2,1H3. The maximum absolute atomic E-state index is 9.47. The van der Waals surface area contributed by atoms with Crippen LogP contribution in [0.1, 0.15) is 18.9 Å². The van der Waals surface area contributed by atoms with Gasteiger partial charge in [-0.25, -0.2) is 0 Å². The predicted octanol–water partition coefficient (Wildman–Crippen LogP) is 0.962. The lowest BCUT2D eigenvalue weighted by Crippen LogP contribution is -2.32. The van der Waals surface area contributed by atoms with Gasteiger partial charge in [-0.05, 0) is 31.0 Å². The number of benzene rings is 1. The second kappa shape index (κ2) is 3.26. The molecular formula is C11H15NO2. The van der Waals surface area contributed by atoms with Crippen LogP contribution in [0, 0.1) is 0 Å². The quantitative estimate of drug-likeness (QED) is 0.622. The fourth-order valence-electron chi connectivity index (χ4n) is 2.03. The molecule has 2 atom stereocenters. The maximum Gasteiger partial charge on any atom is 0.115 e. The number of phenols is 1. The van der Waals surface area contributed by atoms with Crippen LogP contribution >= 0.6 is 0 Å². The first-order valence-corrected chi connectivity index (χ1v) is 4.83. The van der Waals surface area contributed by atoms with Gasteiger partial charge < -0.3 is 15.5 Å². The monoisotopic (exact) mass is 193 g/mol. The molecule has 0 radical (unpaired) electrons. The minimum atomic E-state index is -0.289. The molecule has 2 rings (SSSR count). The van der Waals surface area contributed by atoms with Crippen molar-refractivity contribution in [2.75, 3.05) is 6.54 Å². The van der Waals surface area contributed by atoms with E-state index in [1.54, 1.807) is 12.1 Å². The average molecular weight is 193 g/mol. The first kappa shape index (κ1) is 9.49. The van der Waals surface area contributed by atoms with Crippen LogP contribution in [0.5, 0.6) is 5.75 Å². The number of nitrogens with one attached hydrogen (secondary N) is 1. The number of phenolic OH excluding ortho intramolecular Hbond substituents is 1. The summed E-state index contributed by atoms with van der Waals surface area (Å²) in [6, 6.07) is 7.18. The number of aliphatic hydroxyl groups is 1. The number of hydrogen-bond acceptors (Lipinski definition) is 3. The summed E-state index contributed by atoms with van der Waals surface area (Å²) in [7, 11) is 0. The van der Waals surface area contributed by atoms with Crippen molar-refractivity contribution < 1.29 is 10.2 Å². The van der Waals surface area contributed by atoms with Crippen LogP contribution in [-0.2, 0) is 5.54 Å². The van der Waals surface area contributed by atoms with Gasteiger partial charge in [0.15, 0.2) is 0 Å². The molecule has 1 aliphatic heterocycles. The van der Waals surface area contributed by atoms with Crippen molar-refractivity contribution in [2.24, 2.45) is 0 Å². The topological polar surface area (TPSA) is 52.5 Å². The first-order valence-electron chi connectivity index (χ1n) is 4.83. The normalized spacial score (nSPS) is 32.0. The van der Waals surface area contributed by atoms with Crippen LogP contribution in [0.3, 0.4) is 0 Å². The van der Waals surface area contributed by atoms with E-state index in [2.05, 4.69) is 5.32 Å². The Morgan fingerprint density at radius 2 is 2.29 bits per heavy atom. The lowest BCUT2D eigenvalue weighted by molar-refractivity contribution is 0.186. The van der Waals surface area contributed by atoms with Gasteiger partial charge in [0.25, 0.3) is 0 Å². The van der Waals surface area contributed by atoms with Gasteiger partial charge in [0.2, 0.25) is 0 Å². The van der Waals surface area contributed by atoms with Crippen LogP contribution in [0.25, 0.3) is 0 Å². The molecule has 14 heavy (non-hydrogen) atoms. The number of aliphatic hydroxyl groups excluding tert-OH is 1. The highest BCUT2D eigenvalue weighted by atomic mass is 16.3. The van der Waals surface area contributed by atoms with E-state index >= 15 is 0 Å². The molecule has 0 spiro atoms. The second-order valence-corrected chi connectivity index (χ2v) is 4.12. The number of rotatable bonds is 1. The van der Waals surface area contributed by atoms with Gasteiger partial charge in [-0.1, -0.05) is 12.1 Å². The van der Waals surface area contributed by atoms with Crippen LogP contribution in [0.4, 0.5) is 0 Å². The summed E-state index contributed by atoms with van der Waals surface area (Å²) in [4.78, 5) is 0. The number of hydrogen-bond donors (Lipinski definition) is 3. The summed E-state index contributed by atoms with van der Waals surface area (Å²) in [6.07, 6.45) is 0.401. The molecule has 2 unspecified atom stereocenters. The highest BCUT2D eigenvalue weighted by Gasteiger charge is 2.35. The van der Waals surface area contributed by atoms with Crippen LogP contribution in [0.15, 0.2) is 24.3 Å². The molecule has 0 amide bonds. The van der Waals surface area contributed by atoms with Crippen molar-refractivity contribution in [3.05, 3.63) is 29.8 Å². The Bertz CT molecular complexity index is 340. The molecule has 1 aliphatic rings. The van der Waals surface area contributed by atoms with Crippen LogP contribution < -0.4 is 5.32 Å². The number of aromatic hydroxyl groups is 1. The van der Waals surface area contributed by atoms with Crippen molar-refractivity contribution in [3.63, 3.8) is 0 Å². The van der Waals surface area contributed by atoms with Gasteiger partial charge in [0, 0.05) is 12.1 Å². The van der Waals surface area contributed by atoms with Crippen LogP contribution in [-0.4, -0.2) is 22.9 Å². The fourth-order valence-corrected chi connectivity index (χ4v) is 2.03. The minimum Gasteiger partial charge on any atom is -0.508 e. The van der Waals surface area contributed by atoms with Gasteiger partial charge >= 0.3 is 0 Å². The molecule has 1 fully saturated rings. The highest BCUT2D eigenvalue weighted by molar-refractivity contribution is 5.33. The van der Waals surface area contributed by atoms with E-state index in [4.69, 9.17) is 0 Å². The van der Waals surface area contributed by atoms with Gasteiger partial charge in [-0.15, -0.1) is 0 Å². The van der Waals surface area contributed by atoms with Crippen molar-refractivity contribution in [3.8, 4) is 5.75 Å². The Morgan fingerprint density at radius 1 is 1.50 bits per heavy atom. The smallest absolute Gasteiger partial charge is 0.115 e. The zero-order valence-corrected chi connectivity index (χ0v) is 8.20. The molecule has 1 saturated heterocycles. The molecule has 0 bridgehead atoms. The molecular weight excluding hydrogens is 178 g/mol. The summed E-state index contributed by atoms with van der Waals surface area (Å²) in [6.45, 7) is 2.66. The van der Waals surface area contributed by atoms with Gasteiger partial charge in [0.1, 0.15) is 5.75 Å². The summed E-state index contributed by atoms with van der Waals surface area (Å²) in [5, 5.41) is 22.1. The molecule has 3 nitrogen and oxygen atoms in total. The van der Waals surface area contributed by atoms with E-state index in [0.29, 0.717) is 13.0 Å². The van der Waals surface area contributed by atoms with E-state index in [0.717, 1.165) is 5.56 Å². The summed E-state index contributed by atoms with van der Waals surface area (Å²) in [5.74, 6) is 0.270. The average Bonchev–Trinajstić information content (AvgIpc) is 2.48. The third-order valence-electron chi connectivity index (χ3n) is 2.86. The molecule has 1 aromatic carbocycles. The third kappa shape index (κ3) is 1.61. The summed E-state index contributed by atoms with van der Waals surface area (Å²) < 4.78 is 0. The molecule has 76 valence electrons. The lowest BCUT2D eigenvalue weighted by Gasteiger charge is -2.24. The van der Waals surface area contributed by atoms with Crippen molar-refractivity contribution in [2.45, 2.75) is 25.0 Å². The second-order valence-electron chi connectivity index (χ2n) is 4.12. The van der Waals surface area contributed by atoms with Gasteiger partial charge in [0.05, 0.1) is 6.10 Å². The first-order chi connectivity index (χ1) is 6.60. The molecule has 3 heteroatoms. The highest BCUT2D eigenvalue weighted by Crippen LogP contribution is 2.31. The molecule has 0 aromatic heterocycles. The Morgan fingerprint density at radius 3 is 2.86 bits per heavy atom. The Hall–Kier alpha value is -1.06. The van der Waals surface area contributed by atoms with Crippen molar-refractivity contribution in [1.82, 2.24) is 5.32 Å². The molecule has 1 heterocycles. The van der Waals surface area contributed by atoms with Crippen molar-refractivity contribution in [1.29, 1.82) is 0 Å². The SMILES string of the molecule is CC1(c2cccc(O)c2)CC(O)CN1. The predicted molar refractivity (Wildman–Crippen MR) is 54.1 cm³/mol. The summed E-state index contributed by atoms with van der Waals surface area (Å²) in [5.41, 5.74) is 0.812. The molecule has 3 N–H and O–H groups in total. The Labute approximate surface area is 83.4 Å². The Kier molecular flexibility index (Phi) is 2.21. The van der Waals surface area contributed by atoms with E-state index < -0.39 is 0 Å². The van der Waals surface area contributed by atoms with Gasteiger partial charge in [-0.2, -0.15) is 0 Å². The largest absolute Gasteiger partial charge is 0.508 e. The van der Waals surface area contributed by atoms with E-state index in [1.165, 1.54) is 0 Å². The maximum atomic E-state index is 9.47.